The summed E-state index contributed by atoms with van der Waals surface area (Å²) in [7, 11) is 0. The lowest BCUT2D eigenvalue weighted by molar-refractivity contribution is 0.0673. The quantitative estimate of drug-likeness (QED) is 0.817. The number of fused-ring (bicyclic) bond motifs is 1. The highest BCUT2D eigenvalue weighted by molar-refractivity contribution is 9.10. The topological polar surface area (TPSA) is 29.5 Å². The molecule has 1 aromatic carbocycles. The molecule has 1 aromatic heterocycles. The number of aryl methyl sites for hydroxylation is 2. The molecule has 1 N–H and O–H groups in total. The second kappa shape index (κ2) is 4.93. The van der Waals surface area contributed by atoms with Crippen LogP contribution in [0.2, 0.25) is 0 Å². The second-order valence-corrected chi connectivity index (χ2v) is 7.09. The monoisotopic (exact) mass is 338 g/mol. The van der Waals surface area contributed by atoms with Gasteiger partial charge in [-0.05, 0) is 48.0 Å². The molecular formula is C15H15BrO2S. The maximum Gasteiger partial charge on any atom is 0.136 e. The fourth-order valence-electron chi connectivity index (χ4n) is 2.38. The zero-order chi connectivity index (χ0) is 13.6. The van der Waals surface area contributed by atoms with Gasteiger partial charge in [-0.3, -0.25) is 0 Å². The summed E-state index contributed by atoms with van der Waals surface area (Å²) in [4.78, 5) is 2.40. The highest BCUT2D eigenvalue weighted by Crippen LogP contribution is 2.43. The SMILES string of the molecule is Cc1ccc2c(c1)[C@@H](O)CC(c1cc(Br)c(C)s1)O2. The van der Waals surface area contributed by atoms with Crippen molar-refractivity contribution in [3.63, 3.8) is 0 Å². The number of benzene rings is 1. The molecule has 0 bridgehead atoms. The number of ether oxygens (including phenoxy) is 1. The predicted molar refractivity (Wildman–Crippen MR) is 80.9 cm³/mol. The van der Waals surface area contributed by atoms with Crippen LogP contribution in [0.25, 0.3) is 0 Å². The molecule has 2 heterocycles. The van der Waals surface area contributed by atoms with E-state index in [9.17, 15) is 5.11 Å². The third-order valence-corrected chi connectivity index (χ3v) is 5.65. The fraction of sp³-hybridized carbons (Fsp3) is 0.333. The largest absolute Gasteiger partial charge is 0.484 e. The molecule has 0 radical (unpaired) electrons. The van der Waals surface area contributed by atoms with Crippen molar-refractivity contribution in [3.8, 4) is 5.75 Å². The van der Waals surface area contributed by atoms with E-state index in [1.807, 2.05) is 25.1 Å². The van der Waals surface area contributed by atoms with Crippen LogP contribution in [-0.2, 0) is 0 Å². The Labute approximate surface area is 125 Å². The van der Waals surface area contributed by atoms with Crippen LogP contribution in [0.3, 0.4) is 0 Å². The summed E-state index contributed by atoms with van der Waals surface area (Å²) in [6.45, 7) is 4.10. The van der Waals surface area contributed by atoms with Gasteiger partial charge in [0.2, 0.25) is 0 Å². The molecule has 2 aromatic rings. The molecule has 2 nitrogen and oxygen atoms in total. The maximum absolute atomic E-state index is 10.3. The Morgan fingerprint density at radius 1 is 1.32 bits per heavy atom. The summed E-state index contributed by atoms with van der Waals surface area (Å²) >= 11 is 5.25. The van der Waals surface area contributed by atoms with Crippen LogP contribution in [0.4, 0.5) is 0 Å². The average molecular weight is 339 g/mol. The van der Waals surface area contributed by atoms with Gasteiger partial charge in [0.15, 0.2) is 0 Å². The molecule has 2 atom stereocenters. The van der Waals surface area contributed by atoms with Gasteiger partial charge in [-0.25, -0.2) is 0 Å². The summed E-state index contributed by atoms with van der Waals surface area (Å²) in [5, 5.41) is 10.3. The maximum atomic E-state index is 10.3. The van der Waals surface area contributed by atoms with Crippen LogP contribution in [0.5, 0.6) is 5.75 Å². The molecule has 0 spiro atoms. The predicted octanol–water partition coefficient (Wildman–Crippen LogP) is 4.68. The second-order valence-electron chi connectivity index (χ2n) is 4.95. The molecule has 1 unspecified atom stereocenters. The van der Waals surface area contributed by atoms with E-state index in [0.717, 1.165) is 26.2 Å². The van der Waals surface area contributed by atoms with Crippen molar-refractivity contribution in [2.45, 2.75) is 32.5 Å². The van der Waals surface area contributed by atoms with Gasteiger partial charge in [0.25, 0.3) is 0 Å². The number of rotatable bonds is 1. The Bertz CT molecular complexity index is 601. The minimum absolute atomic E-state index is 0.0554. The lowest BCUT2D eigenvalue weighted by atomic mass is 9.97. The number of halogens is 1. The van der Waals surface area contributed by atoms with E-state index in [-0.39, 0.29) is 6.10 Å². The number of hydrogen-bond donors (Lipinski definition) is 1. The molecular weight excluding hydrogens is 324 g/mol. The Morgan fingerprint density at radius 2 is 2.11 bits per heavy atom. The van der Waals surface area contributed by atoms with Crippen molar-refractivity contribution in [2.24, 2.45) is 0 Å². The van der Waals surface area contributed by atoms with Gasteiger partial charge in [-0.2, -0.15) is 0 Å². The third-order valence-electron chi connectivity index (χ3n) is 3.42. The van der Waals surface area contributed by atoms with Crippen LogP contribution >= 0.6 is 27.3 Å². The van der Waals surface area contributed by atoms with Crippen LogP contribution < -0.4 is 4.74 Å². The molecule has 3 rings (SSSR count). The van der Waals surface area contributed by atoms with Crippen LogP contribution in [0.15, 0.2) is 28.7 Å². The number of aliphatic hydroxyl groups excluding tert-OH is 1. The third kappa shape index (κ3) is 2.45. The van der Waals surface area contributed by atoms with E-state index in [2.05, 4.69) is 28.9 Å². The van der Waals surface area contributed by atoms with Crippen molar-refractivity contribution in [1.29, 1.82) is 0 Å². The van der Waals surface area contributed by atoms with E-state index < -0.39 is 6.10 Å². The molecule has 19 heavy (non-hydrogen) atoms. The molecule has 1 aliphatic heterocycles. The molecule has 0 saturated carbocycles. The summed E-state index contributed by atoms with van der Waals surface area (Å²) in [5.74, 6) is 0.802. The van der Waals surface area contributed by atoms with Gasteiger partial charge < -0.3 is 9.84 Å². The number of aliphatic hydroxyl groups is 1. The minimum Gasteiger partial charge on any atom is -0.484 e. The van der Waals surface area contributed by atoms with Crippen LogP contribution in [-0.4, -0.2) is 5.11 Å². The van der Waals surface area contributed by atoms with Gasteiger partial charge in [-0.15, -0.1) is 11.3 Å². The first-order chi connectivity index (χ1) is 9.04. The van der Waals surface area contributed by atoms with Crippen molar-refractivity contribution >= 4 is 27.3 Å². The van der Waals surface area contributed by atoms with E-state index in [4.69, 9.17) is 4.74 Å². The Kier molecular flexibility index (Phi) is 3.41. The van der Waals surface area contributed by atoms with Gasteiger partial charge >= 0.3 is 0 Å². The van der Waals surface area contributed by atoms with Crippen molar-refractivity contribution in [2.75, 3.05) is 0 Å². The Balaban J connectivity index is 1.94. The van der Waals surface area contributed by atoms with Crippen molar-refractivity contribution in [1.82, 2.24) is 0 Å². The summed E-state index contributed by atoms with van der Waals surface area (Å²) in [5.41, 5.74) is 2.05. The van der Waals surface area contributed by atoms with Crippen molar-refractivity contribution in [3.05, 3.63) is 49.6 Å². The number of hydrogen-bond acceptors (Lipinski definition) is 3. The van der Waals surface area contributed by atoms with Gasteiger partial charge in [0, 0.05) is 26.2 Å². The Hall–Kier alpha value is -0.840. The standard InChI is InChI=1S/C15H15BrO2S/c1-8-3-4-13-10(5-8)12(17)7-14(18-13)15-6-11(16)9(2)19-15/h3-6,12,14,17H,7H2,1-2H3/t12-,14?/m0/s1. The van der Waals surface area contributed by atoms with Crippen molar-refractivity contribution < 1.29 is 9.84 Å². The van der Waals surface area contributed by atoms with E-state index in [1.165, 1.54) is 4.88 Å². The van der Waals surface area contributed by atoms with E-state index in [0.29, 0.717) is 6.42 Å². The highest BCUT2D eigenvalue weighted by atomic mass is 79.9. The zero-order valence-electron chi connectivity index (χ0n) is 10.8. The van der Waals surface area contributed by atoms with Gasteiger partial charge in [0.1, 0.15) is 11.9 Å². The molecule has 4 heteroatoms. The fourth-order valence-corrected chi connectivity index (χ4v) is 3.98. The average Bonchev–Trinajstić information content (AvgIpc) is 2.70. The minimum atomic E-state index is -0.449. The first-order valence-electron chi connectivity index (χ1n) is 6.25. The molecule has 0 amide bonds. The summed E-state index contributed by atoms with van der Waals surface area (Å²) in [6.07, 6.45) is 0.109. The highest BCUT2D eigenvalue weighted by Gasteiger charge is 2.29. The van der Waals surface area contributed by atoms with Crippen LogP contribution in [0.1, 0.15) is 39.5 Å². The summed E-state index contributed by atoms with van der Waals surface area (Å²) < 4.78 is 7.15. The first-order valence-corrected chi connectivity index (χ1v) is 7.86. The number of thiophene rings is 1. The van der Waals surface area contributed by atoms with E-state index >= 15 is 0 Å². The van der Waals surface area contributed by atoms with Gasteiger partial charge in [0.05, 0.1) is 6.10 Å². The molecule has 0 aliphatic carbocycles. The molecule has 0 saturated heterocycles. The molecule has 1 aliphatic rings. The smallest absolute Gasteiger partial charge is 0.136 e. The molecule has 100 valence electrons. The normalized spacial score (nSPS) is 21.9. The molecule has 0 fully saturated rings. The Morgan fingerprint density at radius 3 is 2.79 bits per heavy atom. The van der Waals surface area contributed by atoms with Gasteiger partial charge in [-0.1, -0.05) is 11.6 Å². The zero-order valence-corrected chi connectivity index (χ0v) is 13.2. The van der Waals surface area contributed by atoms with E-state index in [1.54, 1.807) is 11.3 Å². The lowest BCUT2D eigenvalue weighted by Gasteiger charge is -2.29. The summed E-state index contributed by atoms with van der Waals surface area (Å²) in [6, 6.07) is 8.07. The van der Waals surface area contributed by atoms with Crippen LogP contribution in [0, 0.1) is 13.8 Å². The lowest BCUT2D eigenvalue weighted by Crippen LogP contribution is -2.18. The first kappa shape index (κ1) is 13.2.